The van der Waals surface area contributed by atoms with Gasteiger partial charge in [0.2, 0.25) is 0 Å². The molecule has 1 N–H and O–H groups in total. The van der Waals surface area contributed by atoms with E-state index in [1.165, 1.54) is 21.6 Å². The lowest BCUT2D eigenvalue weighted by molar-refractivity contribution is 0.250. The van der Waals surface area contributed by atoms with E-state index in [0.29, 0.717) is 22.5 Å². The van der Waals surface area contributed by atoms with Gasteiger partial charge in [0.25, 0.3) is 5.56 Å². The summed E-state index contributed by atoms with van der Waals surface area (Å²) >= 11 is 7.97. The largest absolute Gasteiger partial charge is 0.368 e. The second kappa shape index (κ2) is 11.3. The summed E-state index contributed by atoms with van der Waals surface area (Å²) < 4.78 is 1.29. The molecule has 8 heteroatoms. The number of para-hydroxylation sites is 1. The average molecular weight is 487 g/mol. The van der Waals surface area contributed by atoms with Crippen LogP contribution in [0.2, 0.25) is 5.02 Å². The first-order chi connectivity index (χ1) is 16.1. The molecule has 4 rings (SSSR count). The first kappa shape index (κ1) is 23.9. The molecule has 2 aromatic carbocycles. The number of hydrogen-bond donors (Lipinski definition) is 1. The standard InChI is InChI=1S/C25H31ClN4O2S/c1-2-17-33-23-8-4-3-7-22(23)29-15-13-28(14-16-29)11-5-6-12-30-24(31)20-18-19(26)9-10-21(20)27-25(30)32/h3-4,7-10,18H,2,5-6,11-17H2,1H3,(H,27,32). The molecule has 0 spiro atoms. The van der Waals surface area contributed by atoms with Crippen LogP contribution in [0, 0.1) is 0 Å². The highest BCUT2D eigenvalue weighted by Gasteiger charge is 2.19. The molecule has 0 atom stereocenters. The summed E-state index contributed by atoms with van der Waals surface area (Å²) in [6.07, 6.45) is 2.91. The molecule has 0 bridgehead atoms. The predicted molar refractivity (Wildman–Crippen MR) is 139 cm³/mol. The third-order valence-corrected chi connectivity index (χ3v) is 7.59. The van der Waals surface area contributed by atoms with E-state index in [1.807, 2.05) is 11.8 Å². The van der Waals surface area contributed by atoms with Crippen LogP contribution in [0.4, 0.5) is 5.69 Å². The van der Waals surface area contributed by atoms with Crippen LogP contribution in [0.25, 0.3) is 10.9 Å². The van der Waals surface area contributed by atoms with Crippen LogP contribution in [0.1, 0.15) is 26.2 Å². The van der Waals surface area contributed by atoms with E-state index in [2.05, 4.69) is 46.0 Å². The Balaban J connectivity index is 1.28. The van der Waals surface area contributed by atoms with E-state index in [1.54, 1.807) is 18.2 Å². The van der Waals surface area contributed by atoms with E-state index in [0.717, 1.165) is 51.3 Å². The third-order valence-electron chi connectivity index (χ3n) is 6.09. The topological polar surface area (TPSA) is 61.3 Å². The van der Waals surface area contributed by atoms with Gasteiger partial charge in [-0.2, -0.15) is 0 Å². The Kier molecular flexibility index (Phi) is 8.17. The Hall–Kier alpha value is -2.22. The van der Waals surface area contributed by atoms with Crippen LogP contribution in [0.3, 0.4) is 0 Å². The number of thioether (sulfide) groups is 1. The molecule has 0 radical (unpaired) electrons. The van der Waals surface area contributed by atoms with Crippen molar-refractivity contribution >= 4 is 40.0 Å². The van der Waals surface area contributed by atoms with Crippen LogP contribution in [-0.4, -0.2) is 52.9 Å². The van der Waals surface area contributed by atoms with Gasteiger partial charge in [0, 0.05) is 42.6 Å². The smallest absolute Gasteiger partial charge is 0.328 e. The summed E-state index contributed by atoms with van der Waals surface area (Å²) in [5.41, 5.74) is 1.25. The average Bonchev–Trinajstić information content (AvgIpc) is 2.83. The maximum Gasteiger partial charge on any atom is 0.328 e. The Morgan fingerprint density at radius 1 is 1.00 bits per heavy atom. The number of H-pyrrole nitrogens is 1. The molecule has 0 amide bonds. The summed E-state index contributed by atoms with van der Waals surface area (Å²) in [6.45, 7) is 7.72. The van der Waals surface area contributed by atoms with Crippen molar-refractivity contribution in [2.24, 2.45) is 0 Å². The summed E-state index contributed by atoms with van der Waals surface area (Å²) in [5, 5.41) is 0.944. The van der Waals surface area contributed by atoms with Gasteiger partial charge < -0.3 is 9.88 Å². The van der Waals surface area contributed by atoms with E-state index in [-0.39, 0.29) is 11.2 Å². The summed E-state index contributed by atoms with van der Waals surface area (Å²) in [7, 11) is 0. The molecule has 0 unspecified atom stereocenters. The van der Waals surface area contributed by atoms with Gasteiger partial charge in [-0.05, 0) is 61.9 Å². The van der Waals surface area contributed by atoms with Gasteiger partial charge in [0.1, 0.15) is 0 Å². The number of hydrogen-bond acceptors (Lipinski definition) is 5. The van der Waals surface area contributed by atoms with E-state index < -0.39 is 0 Å². The lowest BCUT2D eigenvalue weighted by atomic mass is 10.2. The lowest BCUT2D eigenvalue weighted by Gasteiger charge is -2.37. The van der Waals surface area contributed by atoms with Crippen molar-refractivity contribution in [2.75, 3.05) is 43.4 Å². The number of piperazine rings is 1. The maximum atomic E-state index is 12.7. The van der Waals surface area contributed by atoms with Crippen molar-refractivity contribution in [1.29, 1.82) is 0 Å². The van der Waals surface area contributed by atoms with Crippen LogP contribution in [-0.2, 0) is 6.54 Å². The molecule has 6 nitrogen and oxygen atoms in total. The van der Waals surface area contributed by atoms with Gasteiger partial charge >= 0.3 is 5.69 Å². The van der Waals surface area contributed by atoms with Gasteiger partial charge in [0.15, 0.2) is 0 Å². The SMILES string of the molecule is CCCSc1ccccc1N1CCN(CCCCn2c(=O)[nH]c3ccc(Cl)cc3c2=O)CC1. The molecule has 1 aliphatic rings. The number of rotatable bonds is 9. The number of unbranched alkanes of at least 4 members (excludes halogenated alkanes) is 1. The molecule has 0 aliphatic carbocycles. The zero-order valence-corrected chi connectivity index (χ0v) is 20.6. The Morgan fingerprint density at radius 3 is 2.55 bits per heavy atom. The minimum atomic E-state index is -0.358. The molecule has 33 heavy (non-hydrogen) atoms. The summed E-state index contributed by atoms with van der Waals surface area (Å²) in [5.74, 6) is 1.15. The molecule has 1 aliphatic heterocycles. The number of anilines is 1. The van der Waals surface area contributed by atoms with Gasteiger partial charge in [-0.1, -0.05) is 30.7 Å². The zero-order chi connectivity index (χ0) is 23.2. The van der Waals surface area contributed by atoms with Crippen molar-refractivity contribution in [3.63, 3.8) is 0 Å². The van der Waals surface area contributed by atoms with Crippen LogP contribution in [0.15, 0.2) is 56.9 Å². The predicted octanol–water partition coefficient (Wildman–Crippen LogP) is 4.45. The molecular formula is C25H31ClN4O2S. The fourth-order valence-corrected chi connectivity index (χ4v) is 5.41. The van der Waals surface area contributed by atoms with Gasteiger partial charge in [-0.25, -0.2) is 4.79 Å². The number of nitrogens with zero attached hydrogens (tertiary/aromatic N) is 3. The molecule has 176 valence electrons. The van der Waals surface area contributed by atoms with E-state index >= 15 is 0 Å². The van der Waals surface area contributed by atoms with Crippen molar-refractivity contribution in [2.45, 2.75) is 37.6 Å². The summed E-state index contributed by atoms with van der Waals surface area (Å²) in [4.78, 5) is 34.2. The fourth-order valence-electron chi connectivity index (χ4n) is 4.30. The highest BCUT2D eigenvalue weighted by atomic mass is 35.5. The van der Waals surface area contributed by atoms with Crippen molar-refractivity contribution in [3.05, 3.63) is 68.3 Å². The molecular weight excluding hydrogens is 456 g/mol. The number of aromatic nitrogens is 2. The fraction of sp³-hybridized carbons (Fsp3) is 0.440. The zero-order valence-electron chi connectivity index (χ0n) is 19.1. The van der Waals surface area contributed by atoms with Crippen LogP contribution >= 0.6 is 23.4 Å². The molecule has 1 fully saturated rings. The molecule has 1 saturated heterocycles. The molecule has 2 heterocycles. The van der Waals surface area contributed by atoms with Gasteiger partial charge in [0.05, 0.1) is 16.6 Å². The highest BCUT2D eigenvalue weighted by Crippen LogP contribution is 2.31. The third kappa shape index (κ3) is 5.83. The van der Waals surface area contributed by atoms with Gasteiger partial charge in [-0.15, -0.1) is 11.8 Å². The Morgan fingerprint density at radius 2 is 1.76 bits per heavy atom. The molecule has 1 aromatic heterocycles. The number of fused-ring (bicyclic) bond motifs is 1. The Labute approximate surface area is 203 Å². The number of aromatic amines is 1. The van der Waals surface area contributed by atoms with E-state index in [9.17, 15) is 9.59 Å². The minimum absolute atomic E-state index is 0.274. The highest BCUT2D eigenvalue weighted by molar-refractivity contribution is 7.99. The minimum Gasteiger partial charge on any atom is -0.368 e. The van der Waals surface area contributed by atoms with Crippen molar-refractivity contribution in [1.82, 2.24) is 14.5 Å². The second-order valence-electron chi connectivity index (χ2n) is 8.43. The first-order valence-electron chi connectivity index (χ1n) is 11.7. The van der Waals surface area contributed by atoms with Crippen molar-refractivity contribution in [3.8, 4) is 0 Å². The number of nitrogens with one attached hydrogen (secondary N) is 1. The van der Waals surface area contributed by atoms with Crippen LogP contribution < -0.4 is 16.1 Å². The van der Waals surface area contributed by atoms with Gasteiger partial charge in [-0.3, -0.25) is 14.3 Å². The van der Waals surface area contributed by atoms with Crippen LogP contribution in [0.5, 0.6) is 0 Å². The lowest BCUT2D eigenvalue weighted by Crippen LogP contribution is -2.46. The van der Waals surface area contributed by atoms with Crippen molar-refractivity contribution < 1.29 is 0 Å². The molecule has 3 aromatic rings. The normalized spacial score (nSPS) is 14.8. The second-order valence-corrected chi connectivity index (χ2v) is 10.0. The maximum absolute atomic E-state index is 12.7. The van der Waals surface area contributed by atoms with E-state index in [4.69, 9.17) is 11.6 Å². The Bertz CT molecular complexity index is 1200. The number of halogens is 1. The molecule has 0 saturated carbocycles. The quantitative estimate of drug-likeness (QED) is 0.357. The summed E-state index contributed by atoms with van der Waals surface area (Å²) in [6, 6.07) is 13.7. The monoisotopic (exact) mass is 486 g/mol. The first-order valence-corrected chi connectivity index (χ1v) is 13.0. The number of benzene rings is 2.